The predicted octanol–water partition coefficient (Wildman–Crippen LogP) is 7.07. The minimum atomic E-state index is -0.569. The van der Waals surface area contributed by atoms with Gasteiger partial charge in [-0.1, -0.05) is 91.0 Å². The van der Waals surface area contributed by atoms with Gasteiger partial charge in [0.2, 0.25) is 0 Å². The molecule has 0 spiro atoms. The Kier molecular flexibility index (Phi) is 5.63. The summed E-state index contributed by atoms with van der Waals surface area (Å²) in [5, 5.41) is 1.90. The van der Waals surface area contributed by atoms with Crippen molar-refractivity contribution in [2.75, 3.05) is 0 Å². The van der Waals surface area contributed by atoms with Crippen LogP contribution in [0.4, 0.5) is 0 Å². The van der Waals surface area contributed by atoms with Crippen molar-refractivity contribution in [3.63, 3.8) is 0 Å². The molecule has 0 atom stereocenters. The normalized spacial score (nSPS) is 16.1. The number of aromatic nitrogens is 3. The van der Waals surface area contributed by atoms with Crippen molar-refractivity contribution in [2.24, 2.45) is 0 Å². The Morgan fingerprint density at radius 2 is 1.10 bits per heavy atom. The summed E-state index contributed by atoms with van der Waals surface area (Å²) in [6.45, 7) is 8.22. The standard InChI is InChI=1S/C33H28BN3O3/c1-32(2)33(3,4)40-34(39-32)25-20-19-24(27-23-17-11-12-18-26(23)38-28(25)27)31-36-29(21-13-7-5-8-14-21)35-30(37-31)22-15-9-6-10-16-22/h5-20H,1-4H3. The highest BCUT2D eigenvalue weighted by molar-refractivity contribution is 6.65. The Morgan fingerprint density at radius 3 is 1.70 bits per heavy atom. The first-order valence-corrected chi connectivity index (χ1v) is 13.5. The van der Waals surface area contributed by atoms with Gasteiger partial charge in [-0.15, -0.1) is 0 Å². The summed E-state index contributed by atoms with van der Waals surface area (Å²) < 4.78 is 19.4. The molecule has 3 heterocycles. The fraction of sp³-hybridized carbons (Fsp3) is 0.182. The molecule has 40 heavy (non-hydrogen) atoms. The molecule has 0 amide bonds. The molecule has 2 aromatic heterocycles. The molecule has 4 aromatic carbocycles. The molecular formula is C33H28BN3O3. The smallest absolute Gasteiger partial charge is 0.456 e. The molecule has 7 heteroatoms. The molecular weight excluding hydrogens is 497 g/mol. The highest BCUT2D eigenvalue weighted by atomic mass is 16.7. The first-order valence-electron chi connectivity index (χ1n) is 13.5. The van der Waals surface area contributed by atoms with Gasteiger partial charge in [-0.05, 0) is 33.8 Å². The van der Waals surface area contributed by atoms with Gasteiger partial charge in [-0.2, -0.15) is 0 Å². The van der Waals surface area contributed by atoms with Crippen LogP contribution in [0.1, 0.15) is 27.7 Å². The van der Waals surface area contributed by atoms with Gasteiger partial charge in [-0.3, -0.25) is 0 Å². The van der Waals surface area contributed by atoms with Crippen molar-refractivity contribution in [3.8, 4) is 34.2 Å². The third-order valence-electron chi connectivity index (χ3n) is 8.00. The third kappa shape index (κ3) is 4.01. The molecule has 0 bridgehead atoms. The zero-order valence-corrected chi connectivity index (χ0v) is 22.9. The van der Waals surface area contributed by atoms with Crippen molar-refractivity contribution < 1.29 is 13.7 Å². The fourth-order valence-electron chi connectivity index (χ4n) is 5.12. The van der Waals surface area contributed by atoms with Gasteiger partial charge in [0.05, 0.1) is 11.2 Å². The van der Waals surface area contributed by atoms with Gasteiger partial charge in [0, 0.05) is 32.9 Å². The van der Waals surface area contributed by atoms with Crippen LogP contribution in [0, 0.1) is 0 Å². The first kappa shape index (κ1) is 24.7. The van der Waals surface area contributed by atoms with Crippen LogP contribution in [0.15, 0.2) is 101 Å². The van der Waals surface area contributed by atoms with E-state index in [2.05, 4.69) is 33.8 Å². The molecule has 0 unspecified atom stereocenters. The molecule has 1 fully saturated rings. The van der Waals surface area contributed by atoms with E-state index in [1.165, 1.54) is 0 Å². The predicted molar refractivity (Wildman–Crippen MR) is 159 cm³/mol. The second kappa shape index (κ2) is 9.12. The highest BCUT2D eigenvalue weighted by Gasteiger charge is 2.52. The monoisotopic (exact) mass is 525 g/mol. The lowest BCUT2D eigenvalue weighted by Crippen LogP contribution is -2.41. The van der Waals surface area contributed by atoms with Crippen LogP contribution in [0.2, 0.25) is 0 Å². The summed E-state index contributed by atoms with van der Waals surface area (Å²) in [7, 11) is -0.569. The molecule has 196 valence electrons. The molecule has 0 radical (unpaired) electrons. The molecule has 6 aromatic rings. The number of hydrogen-bond donors (Lipinski definition) is 0. The summed E-state index contributed by atoms with van der Waals surface area (Å²) in [5.74, 6) is 1.80. The Bertz CT molecular complexity index is 1790. The van der Waals surface area contributed by atoms with Gasteiger partial charge in [-0.25, -0.2) is 15.0 Å². The van der Waals surface area contributed by atoms with E-state index in [-0.39, 0.29) is 0 Å². The van der Waals surface area contributed by atoms with Crippen LogP contribution in [0.25, 0.3) is 56.1 Å². The van der Waals surface area contributed by atoms with E-state index in [9.17, 15) is 0 Å². The van der Waals surface area contributed by atoms with E-state index in [1.807, 2.05) is 91.0 Å². The van der Waals surface area contributed by atoms with Crippen molar-refractivity contribution in [1.29, 1.82) is 0 Å². The Morgan fingerprint density at radius 1 is 0.575 bits per heavy atom. The number of nitrogens with zero attached hydrogens (tertiary/aromatic N) is 3. The van der Waals surface area contributed by atoms with Gasteiger partial charge in [0.15, 0.2) is 17.5 Å². The van der Waals surface area contributed by atoms with Crippen LogP contribution in [-0.4, -0.2) is 33.3 Å². The third-order valence-corrected chi connectivity index (χ3v) is 8.00. The van der Waals surface area contributed by atoms with Crippen LogP contribution in [0.5, 0.6) is 0 Å². The average Bonchev–Trinajstić information content (AvgIpc) is 3.46. The second-order valence-electron chi connectivity index (χ2n) is 11.1. The lowest BCUT2D eigenvalue weighted by molar-refractivity contribution is 0.00578. The van der Waals surface area contributed by atoms with E-state index in [0.717, 1.165) is 38.5 Å². The van der Waals surface area contributed by atoms with Crippen molar-refractivity contribution in [1.82, 2.24) is 15.0 Å². The number of para-hydroxylation sites is 1. The SMILES string of the molecule is CC1(C)OB(c2ccc(-c3nc(-c4ccccc4)nc(-c4ccccc4)n3)c3c2oc2ccccc23)OC1(C)C. The average molecular weight is 525 g/mol. The van der Waals surface area contributed by atoms with Crippen molar-refractivity contribution in [2.45, 2.75) is 38.9 Å². The molecule has 0 N–H and O–H groups in total. The van der Waals surface area contributed by atoms with Gasteiger partial charge in [0.25, 0.3) is 0 Å². The number of hydrogen-bond acceptors (Lipinski definition) is 6. The summed E-state index contributed by atoms with van der Waals surface area (Å²) in [4.78, 5) is 14.8. The minimum absolute atomic E-state index is 0.474. The number of benzene rings is 4. The quantitative estimate of drug-likeness (QED) is 0.229. The van der Waals surface area contributed by atoms with Crippen LogP contribution in [0.3, 0.4) is 0 Å². The number of fused-ring (bicyclic) bond motifs is 3. The Balaban J connectivity index is 1.48. The molecule has 6 nitrogen and oxygen atoms in total. The highest BCUT2D eigenvalue weighted by Crippen LogP contribution is 2.40. The van der Waals surface area contributed by atoms with E-state index in [1.54, 1.807) is 0 Å². The van der Waals surface area contributed by atoms with Crippen LogP contribution in [-0.2, 0) is 9.31 Å². The maximum Gasteiger partial charge on any atom is 0.498 e. The first-order chi connectivity index (χ1) is 19.3. The lowest BCUT2D eigenvalue weighted by Gasteiger charge is -2.32. The Labute approximate surface area is 233 Å². The van der Waals surface area contributed by atoms with Gasteiger partial charge in [0.1, 0.15) is 11.2 Å². The zero-order valence-electron chi connectivity index (χ0n) is 22.9. The molecule has 0 aliphatic carbocycles. The molecule has 1 saturated heterocycles. The topological polar surface area (TPSA) is 70.3 Å². The number of rotatable bonds is 4. The second-order valence-corrected chi connectivity index (χ2v) is 11.1. The zero-order chi connectivity index (χ0) is 27.5. The summed E-state index contributed by atoms with van der Waals surface area (Å²) in [5.41, 5.74) is 4.08. The van der Waals surface area contributed by atoms with Gasteiger partial charge < -0.3 is 13.7 Å². The van der Waals surface area contributed by atoms with Crippen molar-refractivity contribution >= 4 is 34.5 Å². The maximum atomic E-state index is 6.49. The van der Waals surface area contributed by atoms with E-state index < -0.39 is 18.3 Å². The summed E-state index contributed by atoms with van der Waals surface area (Å²) >= 11 is 0. The van der Waals surface area contributed by atoms with Gasteiger partial charge >= 0.3 is 7.12 Å². The van der Waals surface area contributed by atoms with E-state index in [0.29, 0.717) is 23.1 Å². The largest absolute Gasteiger partial charge is 0.498 e. The minimum Gasteiger partial charge on any atom is -0.456 e. The molecule has 1 aliphatic rings. The lowest BCUT2D eigenvalue weighted by atomic mass is 9.77. The van der Waals surface area contributed by atoms with Crippen LogP contribution < -0.4 is 5.46 Å². The summed E-state index contributed by atoms with van der Waals surface area (Å²) in [6, 6.07) is 32.1. The van der Waals surface area contributed by atoms with Crippen molar-refractivity contribution in [3.05, 3.63) is 97.1 Å². The fourth-order valence-corrected chi connectivity index (χ4v) is 5.12. The summed E-state index contributed by atoms with van der Waals surface area (Å²) in [6.07, 6.45) is 0. The Hall–Kier alpha value is -4.33. The van der Waals surface area contributed by atoms with E-state index in [4.69, 9.17) is 28.7 Å². The number of furan rings is 1. The molecule has 1 aliphatic heterocycles. The molecule has 0 saturated carbocycles. The van der Waals surface area contributed by atoms with Crippen LogP contribution >= 0.6 is 0 Å². The maximum absolute atomic E-state index is 6.49. The van der Waals surface area contributed by atoms with E-state index >= 15 is 0 Å². The molecule has 7 rings (SSSR count).